The Hall–Kier alpha value is -3.28. The van der Waals surface area contributed by atoms with Gasteiger partial charge in [0.05, 0.1) is 18.3 Å². The molecule has 0 aliphatic carbocycles. The SMILES string of the molecule is O=C(Cc1ccc(F)cc1)Nc1ccc(NCc2ccncc2)nc1. The first-order valence-corrected chi connectivity index (χ1v) is 7.82. The van der Waals surface area contributed by atoms with Gasteiger partial charge in [0.2, 0.25) is 5.91 Å². The van der Waals surface area contributed by atoms with Gasteiger partial charge in [-0.25, -0.2) is 9.37 Å². The first kappa shape index (κ1) is 16.6. The topological polar surface area (TPSA) is 66.9 Å². The van der Waals surface area contributed by atoms with Crippen LogP contribution < -0.4 is 10.6 Å². The molecular weight excluding hydrogens is 319 g/mol. The highest BCUT2D eigenvalue weighted by Crippen LogP contribution is 2.12. The highest BCUT2D eigenvalue weighted by atomic mass is 19.1. The summed E-state index contributed by atoms with van der Waals surface area (Å²) in [5, 5.41) is 5.97. The third-order valence-electron chi connectivity index (χ3n) is 3.55. The quantitative estimate of drug-likeness (QED) is 0.724. The van der Waals surface area contributed by atoms with Crippen molar-refractivity contribution in [2.24, 2.45) is 0 Å². The Bertz CT molecular complexity index is 820. The van der Waals surface area contributed by atoms with Gasteiger partial charge >= 0.3 is 0 Å². The lowest BCUT2D eigenvalue weighted by molar-refractivity contribution is -0.115. The molecule has 2 heterocycles. The van der Waals surface area contributed by atoms with Gasteiger partial charge in [0.25, 0.3) is 0 Å². The van der Waals surface area contributed by atoms with Crippen molar-refractivity contribution in [2.45, 2.75) is 13.0 Å². The van der Waals surface area contributed by atoms with Crippen LogP contribution in [0.25, 0.3) is 0 Å². The number of benzene rings is 1. The van der Waals surface area contributed by atoms with E-state index in [9.17, 15) is 9.18 Å². The minimum atomic E-state index is -0.316. The molecule has 0 atom stereocenters. The molecule has 3 aromatic rings. The predicted octanol–water partition coefficient (Wildman–Crippen LogP) is 3.41. The first-order valence-electron chi connectivity index (χ1n) is 7.82. The van der Waals surface area contributed by atoms with Gasteiger partial charge in [-0.05, 0) is 47.5 Å². The van der Waals surface area contributed by atoms with Crippen LogP contribution in [0.5, 0.6) is 0 Å². The summed E-state index contributed by atoms with van der Waals surface area (Å²) >= 11 is 0. The van der Waals surface area contributed by atoms with Gasteiger partial charge in [0.15, 0.2) is 0 Å². The molecule has 0 bridgehead atoms. The van der Waals surface area contributed by atoms with E-state index in [1.165, 1.54) is 12.1 Å². The predicted molar refractivity (Wildman–Crippen MR) is 94.5 cm³/mol. The number of hydrogen-bond donors (Lipinski definition) is 2. The van der Waals surface area contributed by atoms with E-state index in [1.807, 2.05) is 12.1 Å². The Balaban J connectivity index is 1.51. The molecule has 0 radical (unpaired) electrons. The summed E-state index contributed by atoms with van der Waals surface area (Å²) in [5.41, 5.74) is 2.47. The molecule has 0 aliphatic rings. The van der Waals surface area contributed by atoms with Crippen LogP contribution >= 0.6 is 0 Å². The van der Waals surface area contributed by atoms with Crippen molar-refractivity contribution in [3.05, 3.63) is 84.1 Å². The molecule has 126 valence electrons. The molecule has 0 aliphatic heterocycles. The summed E-state index contributed by atoms with van der Waals surface area (Å²) in [6.07, 6.45) is 5.26. The molecule has 0 saturated heterocycles. The molecular formula is C19H17FN4O. The fourth-order valence-corrected chi connectivity index (χ4v) is 2.26. The number of aromatic nitrogens is 2. The van der Waals surface area contributed by atoms with Crippen molar-refractivity contribution >= 4 is 17.4 Å². The number of amides is 1. The monoisotopic (exact) mass is 336 g/mol. The van der Waals surface area contributed by atoms with Crippen molar-refractivity contribution in [3.63, 3.8) is 0 Å². The van der Waals surface area contributed by atoms with E-state index in [4.69, 9.17) is 0 Å². The number of nitrogens with one attached hydrogen (secondary N) is 2. The van der Waals surface area contributed by atoms with Crippen molar-refractivity contribution < 1.29 is 9.18 Å². The van der Waals surface area contributed by atoms with Crippen molar-refractivity contribution in [1.29, 1.82) is 0 Å². The molecule has 0 fully saturated rings. The molecule has 1 amide bonds. The Morgan fingerprint density at radius 3 is 2.40 bits per heavy atom. The Kier molecular flexibility index (Phi) is 5.31. The Morgan fingerprint density at radius 2 is 1.72 bits per heavy atom. The number of carbonyl (C=O) groups excluding carboxylic acids is 1. The molecule has 25 heavy (non-hydrogen) atoms. The summed E-state index contributed by atoms with van der Waals surface area (Å²) < 4.78 is 12.9. The number of halogens is 1. The van der Waals surface area contributed by atoms with E-state index in [-0.39, 0.29) is 18.1 Å². The van der Waals surface area contributed by atoms with E-state index < -0.39 is 0 Å². The zero-order chi connectivity index (χ0) is 17.5. The number of hydrogen-bond acceptors (Lipinski definition) is 4. The van der Waals surface area contributed by atoms with Crippen LogP contribution in [0.3, 0.4) is 0 Å². The molecule has 0 spiro atoms. The third kappa shape index (κ3) is 5.10. The number of carbonyl (C=O) groups is 1. The second-order valence-electron chi connectivity index (χ2n) is 5.49. The Labute approximate surface area is 145 Å². The molecule has 2 N–H and O–H groups in total. The Morgan fingerprint density at radius 1 is 0.960 bits per heavy atom. The molecule has 5 nitrogen and oxygen atoms in total. The average molecular weight is 336 g/mol. The van der Waals surface area contributed by atoms with Gasteiger partial charge in [-0.3, -0.25) is 9.78 Å². The number of anilines is 2. The maximum atomic E-state index is 12.9. The van der Waals surface area contributed by atoms with E-state index in [0.29, 0.717) is 18.1 Å². The molecule has 6 heteroatoms. The van der Waals surface area contributed by atoms with Gasteiger partial charge in [-0.1, -0.05) is 12.1 Å². The zero-order valence-corrected chi connectivity index (χ0v) is 13.4. The van der Waals surface area contributed by atoms with Crippen molar-refractivity contribution in [2.75, 3.05) is 10.6 Å². The van der Waals surface area contributed by atoms with Gasteiger partial charge < -0.3 is 10.6 Å². The molecule has 0 unspecified atom stereocenters. The van der Waals surface area contributed by atoms with E-state index in [2.05, 4.69) is 20.6 Å². The van der Waals surface area contributed by atoms with Crippen LogP contribution in [0.1, 0.15) is 11.1 Å². The summed E-state index contributed by atoms with van der Waals surface area (Å²) in [7, 11) is 0. The fraction of sp³-hybridized carbons (Fsp3) is 0.105. The fourth-order valence-electron chi connectivity index (χ4n) is 2.26. The second kappa shape index (κ2) is 8.01. The highest BCUT2D eigenvalue weighted by Gasteiger charge is 2.05. The summed E-state index contributed by atoms with van der Waals surface area (Å²) in [6.45, 7) is 0.645. The normalized spacial score (nSPS) is 10.3. The number of pyridine rings is 2. The van der Waals surface area contributed by atoms with E-state index in [1.54, 1.807) is 42.9 Å². The molecule has 3 rings (SSSR count). The van der Waals surface area contributed by atoms with Crippen LogP contribution in [0.2, 0.25) is 0 Å². The largest absolute Gasteiger partial charge is 0.366 e. The summed E-state index contributed by atoms with van der Waals surface area (Å²) in [5.74, 6) is 0.225. The van der Waals surface area contributed by atoms with Crippen LogP contribution in [0, 0.1) is 5.82 Å². The minimum Gasteiger partial charge on any atom is -0.366 e. The number of nitrogens with zero attached hydrogens (tertiary/aromatic N) is 2. The van der Waals surface area contributed by atoms with Crippen LogP contribution in [0.15, 0.2) is 67.1 Å². The maximum Gasteiger partial charge on any atom is 0.228 e. The van der Waals surface area contributed by atoms with Crippen LogP contribution in [-0.2, 0) is 17.8 Å². The lowest BCUT2D eigenvalue weighted by Gasteiger charge is -2.08. The van der Waals surface area contributed by atoms with Crippen molar-refractivity contribution in [3.8, 4) is 0 Å². The number of rotatable bonds is 6. The van der Waals surface area contributed by atoms with E-state index >= 15 is 0 Å². The zero-order valence-electron chi connectivity index (χ0n) is 13.4. The molecule has 2 aromatic heterocycles. The summed E-state index contributed by atoms with van der Waals surface area (Å²) in [6, 6.07) is 13.3. The third-order valence-corrected chi connectivity index (χ3v) is 3.55. The standard InChI is InChI=1S/C19H17FN4O/c20-16-3-1-14(2-4-16)11-19(25)24-17-5-6-18(23-13-17)22-12-15-7-9-21-10-8-15/h1-10,13H,11-12H2,(H,22,23)(H,24,25). The first-order chi connectivity index (χ1) is 12.2. The van der Waals surface area contributed by atoms with E-state index in [0.717, 1.165) is 11.1 Å². The minimum absolute atomic E-state index is 0.175. The summed E-state index contributed by atoms with van der Waals surface area (Å²) in [4.78, 5) is 20.3. The molecule has 1 aromatic carbocycles. The van der Waals surface area contributed by atoms with Crippen molar-refractivity contribution in [1.82, 2.24) is 9.97 Å². The van der Waals surface area contributed by atoms with Gasteiger partial charge in [-0.2, -0.15) is 0 Å². The second-order valence-corrected chi connectivity index (χ2v) is 5.49. The van der Waals surface area contributed by atoms with Crippen LogP contribution in [-0.4, -0.2) is 15.9 Å². The van der Waals surface area contributed by atoms with Gasteiger partial charge in [0, 0.05) is 18.9 Å². The van der Waals surface area contributed by atoms with Gasteiger partial charge in [0.1, 0.15) is 11.6 Å². The lowest BCUT2D eigenvalue weighted by atomic mass is 10.1. The molecule has 0 saturated carbocycles. The highest BCUT2D eigenvalue weighted by molar-refractivity contribution is 5.92. The maximum absolute atomic E-state index is 12.9. The lowest BCUT2D eigenvalue weighted by Crippen LogP contribution is -2.14. The smallest absolute Gasteiger partial charge is 0.228 e. The average Bonchev–Trinajstić information content (AvgIpc) is 2.64. The van der Waals surface area contributed by atoms with Gasteiger partial charge in [-0.15, -0.1) is 0 Å². The van der Waals surface area contributed by atoms with Crippen LogP contribution in [0.4, 0.5) is 15.9 Å².